The fraction of sp³-hybridized carbons (Fsp3) is 0.348. The van der Waals surface area contributed by atoms with Crippen molar-refractivity contribution in [2.75, 3.05) is 7.11 Å². The van der Waals surface area contributed by atoms with Crippen LogP contribution in [0.1, 0.15) is 61.3 Å². The normalized spacial score (nSPS) is 13.0. The topological polar surface area (TPSA) is 93.7 Å². The van der Waals surface area contributed by atoms with Crippen molar-refractivity contribution >= 4 is 41.2 Å². The Morgan fingerprint density at radius 2 is 1.47 bits per heavy atom. The molecule has 2 atom stereocenters. The predicted octanol–water partition coefficient (Wildman–Crippen LogP) is 5.22. The highest BCUT2D eigenvalue weighted by atomic mass is 35.5. The van der Waals surface area contributed by atoms with Crippen molar-refractivity contribution in [3.8, 4) is 0 Å². The highest BCUT2D eigenvalue weighted by Crippen LogP contribution is 2.25. The molecule has 2 N–H and O–H groups in total. The second-order valence-electron chi connectivity index (χ2n) is 8.13. The minimum absolute atomic E-state index is 0.322. The third kappa shape index (κ3) is 7.43. The van der Waals surface area contributed by atoms with Gasteiger partial charge in [-0.05, 0) is 69.2 Å². The molecule has 2 rings (SSSR count). The third-order valence-corrected chi connectivity index (χ3v) is 4.77. The number of methoxy groups -OCH3 is 1. The van der Waals surface area contributed by atoms with E-state index in [1.165, 1.54) is 13.2 Å². The van der Waals surface area contributed by atoms with Crippen molar-refractivity contribution in [1.29, 1.82) is 0 Å². The number of carbonyl (C=O) groups is 3. The van der Waals surface area contributed by atoms with Gasteiger partial charge in [-0.2, -0.15) is 0 Å². The smallest absolute Gasteiger partial charge is 0.408 e. The van der Waals surface area contributed by atoms with Crippen molar-refractivity contribution < 1.29 is 23.9 Å². The van der Waals surface area contributed by atoms with Crippen LogP contribution >= 0.6 is 23.2 Å². The summed E-state index contributed by atoms with van der Waals surface area (Å²) >= 11 is 12.2. The molecule has 0 fully saturated rings. The summed E-state index contributed by atoms with van der Waals surface area (Å²) in [6, 6.07) is 9.74. The minimum Gasteiger partial charge on any atom is -0.465 e. The number of ether oxygens (including phenoxy) is 2. The molecule has 1 unspecified atom stereocenters. The average Bonchev–Trinajstić information content (AvgIpc) is 2.69. The van der Waals surface area contributed by atoms with Gasteiger partial charge in [-0.15, -0.1) is 0 Å². The lowest BCUT2D eigenvalue weighted by atomic mass is 10.0. The van der Waals surface area contributed by atoms with Gasteiger partial charge >= 0.3 is 12.1 Å². The van der Waals surface area contributed by atoms with Gasteiger partial charge in [0.2, 0.25) is 5.91 Å². The summed E-state index contributed by atoms with van der Waals surface area (Å²) in [6.45, 7) is 6.94. The Morgan fingerprint density at radius 1 is 0.906 bits per heavy atom. The Morgan fingerprint density at radius 3 is 1.97 bits per heavy atom. The van der Waals surface area contributed by atoms with E-state index in [0.29, 0.717) is 21.2 Å². The van der Waals surface area contributed by atoms with Gasteiger partial charge in [0, 0.05) is 10.0 Å². The predicted molar refractivity (Wildman–Crippen MR) is 123 cm³/mol. The van der Waals surface area contributed by atoms with Gasteiger partial charge in [0.25, 0.3) is 0 Å². The van der Waals surface area contributed by atoms with E-state index >= 15 is 0 Å². The summed E-state index contributed by atoms with van der Waals surface area (Å²) in [5, 5.41) is 6.08. The third-order valence-electron chi connectivity index (χ3n) is 4.33. The molecule has 2 aromatic rings. The quantitative estimate of drug-likeness (QED) is 0.552. The summed E-state index contributed by atoms with van der Waals surface area (Å²) in [6.07, 6.45) is -0.760. The van der Waals surface area contributed by atoms with Crippen LogP contribution in [0, 0.1) is 0 Å². The van der Waals surface area contributed by atoms with Crippen LogP contribution in [0.5, 0.6) is 0 Å². The van der Waals surface area contributed by atoms with Crippen molar-refractivity contribution in [3.63, 3.8) is 0 Å². The number of carbonyl (C=O) groups excluding carboxylic acids is 3. The van der Waals surface area contributed by atoms with Crippen molar-refractivity contribution in [2.24, 2.45) is 0 Å². The van der Waals surface area contributed by atoms with Gasteiger partial charge in [0.05, 0.1) is 18.7 Å². The van der Waals surface area contributed by atoms with Crippen LogP contribution in [-0.4, -0.2) is 30.7 Å². The second kappa shape index (κ2) is 10.7. The Bertz CT molecular complexity index is 967. The van der Waals surface area contributed by atoms with E-state index in [0.717, 1.165) is 5.56 Å². The highest BCUT2D eigenvalue weighted by Gasteiger charge is 2.27. The number of nitrogens with one attached hydrogen (secondary N) is 2. The molecule has 0 aliphatic carbocycles. The summed E-state index contributed by atoms with van der Waals surface area (Å²) in [5.74, 6) is -0.938. The second-order valence-corrected chi connectivity index (χ2v) is 9.00. The number of hydrogen-bond acceptors (Lipinski definition) is 5. The SMILES string of the molecule is COC(=O)c1ccc([C@@H](C)NC(=O)C(NC(=O)OC(C)(C)C)c2cc(Cl)cc(Cl)c2)cc1. The molecule has 0 aliphatic heterocycles. The van der Waals surface area contributed by atoms with E-state index < -0.39 is 35.7 Å². The van der Waals surface area contributed by atoms with Gasteiger partial charge in [0.15, 0.2) is 0 Å². The lowest BCUT2D eigenvalue weighted by Crippen LogP contribution is -2.43. The zero-order valence-electron chi connectivity index (χ0n) is 18.5. The molecule has 0 bridgehead atoms. The molecule has 172 valence electrons. The van der Waals surface area contributed by atoms with Gasteiger partial charge in [-0.25, -0.2) is 9.59 Å². The molecule has 0 radical (unpaired) electrons. The largest absolute Gasteiger partial charge is 0.465 e. The summed E-state index contributed by atoms with van der Waals surface area (Å²) in [5.41, 5.74) is 0.809. The molecule has 2 amide bonds. The van der Waals surface area contributed by atoms with Gasteiger partial charge in [0.1, 0.15) is 11.6 Å². The fourth-order valence-corrected chi connectivity index (χ4v) is 3.42. The Balaban J connectivity index is 2.24. The standard InChI is InChI=1S/C23H26Cl2N2O5/c1-13(14-6-8-15(9-7-14)21(29)31-5)26-20(28)19(27-22(30)32-23(2,3)4)16-10-17(24)12-18(25)11-16/h6-13,19H,1-5H3,(H,26,28)(H,27,30)/t13-,19?/m1/s1. The molecular formula is C23H26Cl2N2O5. The average molecular weight is 481 g/mol. The van der Waals surface area contributed by atoms with Crippen molar-refractivity contribution in [2.45, 2.75) is 45.4 Å². The maximum Gasteiger partial charge on any atom is 0.408 e. The monoisotopic (exact) mass is 480 g/mol. The maximum absolute atomic E-state index is 13.1. The molecule has 0 aromatic heterocycles. The molecule has 0 heterocycles. The molecule has 0 aliphatic rings. The van der Waals surface area contributed by atoms with Crippen molar-refractivity contribution in [1.82, 2.24) is 10.6 Å². The first-order chi connectivity index (χ1) is 14.9. The number of esters is 1. The molecule has 7 nitrogen and oxygen atoms in total. The Kier molecular flexibility index (Phi) is 8.52. The van der Waals surface area contributed by atoms with E-state index in [-0.39, 0.29) is 0 Å². The van der Waals surface area contributed by atoms with Gasteiger partial charge in [-0.1, -0.05) is 35.3 Å². The molecule has 0 saturated carbocycles. The van der Waals surface area contributed by atoms with Gasteiger partial charge in [-0.3, -0.25) is 4.79 Å². The van der Waals surface area contributed by atoms with Gasteiger partial charge < -0.3 is 20.1 Å². The van der Waals surface area contributed by atoms with Crippen LogP contribution in [0.25, 0.3) is 0 Å². The molecule has 9 heteroatoms. The van der Waals surface area contributed by atoms with Crippen LogP contribution in [0.2, 0.25) is 10.0 Å². The van der Waals surface area contributed by atoms with Crippen LogP contribution in [0.4, 0.5) is 4.79 Å². The molecular weight excluding hydrogens is 455 g/mol. The van der Waals surface area contributed by atoms with Crippen LogP contribution in [0.15, 0.2) is 42.5 Å². The highest BCUT2D eigenvalue weighted by molar-refractivity contribution is 6.34. The number of rotatable bonds is 6. The lowest BCUT2D eigenvalue weighted by Gasteiger charge is -2.25. The minimum atomic E-state index is -1.10. The number of hydrogen-bond donors (Lipinski definition) is 2. The first-order valence-corrected chi connectivity index (χ1v) is 10.6. The zero-order chi connectivity index (χ0) is 24.1. The first-order valence-electron chi connectivity index (χ1n) is 9.84. The van der Waals surface area contributed by atoms with Crippen molar-refractivity contribution in [3.05, 3.63) is 69.2 Å². The lowest BCUT2D eigenvalue weighted by molar-refractivity contribution is -0.124. The number of benzene rings is 2. The summed E-state index contributed by atoms with van der Waals surface area (Å²) in [4.78, 5) is 37.1. The van der Waals surface area contributed by atoms with E-state index in [9.17, 15) is 14.4 Å². The molecule has 32 heavy (non-hydrogen) atoms. The number of amides is 2. The summed E-state index contributed by atoms with van der Waals surface area (Å²) < 4.78 is 9.99. The van der Waals surface area contributed by atoms with Crippen LogP contribution in [-0.2, 0) is 14.3 Å². The Labute approximate surface area is 197 Å². The number of halogens is 2. The molecule has 0 spiro atoms. The van der Waals surface area contributed by atoms with E-state index in [1.54, 1.807) is 64.1 Å². The first kappa shape index (κ1) is 25.5. The zero-order valence-corrected chi connectivity index (χ0v) is 20.0. The maximum atomic E-state index is 13.1. The van der Waals surface area contributed by atoms with E-state index in [2.05, 4.69) is 10.6 Å². The van der Waals surface area contributed by atoms with E-state index in [1.807, 2.05) is 0 Å². The Hall–Kier alpha value is -2.77. The number of alkyl carbamates (subject to hydrolysis) is 1. The fourth-order valence-electron chi connectivity index (χ4n) is 2.87. The van der Waals surface area contributed by atoms with Crippen LogP contribution in [0.3, 0.4) is 0 Å². The summed E-state index contributed by atoms with van der Waals surface area (Å²) in [7, 11) is 1.30. The molecule has 2 aromatic carbocycles. The molecule has 0 saturated heterocycles. The van der Waals surface area contributed by atoms with Crippen LogP contribution < -0.4 is 10.6 Å². The van der Waals surface area contributed by atoms with E-state index in [4.69, 9.17) is 32.7 Å².